The van der Waals surface area contributed by atoms with Gasteiger partial charge >= 0.3 is 0 Å². The van der Waals surface area contributed by atoms with Crippen molar-refractivity contribution in [3.8, 4) is 5.00 Å². The Morgan fingerprint density at radius 3 is 2.69 bits per heavy atom. The van der Waals surface area contributed by atoms with Crippen molar-refractivity contribution in [1.82, 2.24) is 20.2 Å². The van der Waals surface area contributed by atoms with Crippen molar-refractivity contribution in [3.05, 3.63) is 40.3 Å². The van der Waals surface area contributed by atoms with Gasteiger partial charge in [-0.1, -0.05) is 61.7 Å². The molecule has 170 valence electrons. The van der Waals surface area contributed by atoms with E-state index in [1.807, 2.05) is 13.8 Å². The third kappa shape index (κ3) is 3.70. The monoisotopic (exact) mass is 488 g/mol. The number of aromatic nitrogens is 3. The molecule has 2 atom stereocenters. The first-order valence-electron chi connectivity index (χ1n) is 10.7. The number of amidine groups is 1. The Bertz CT molecular complexity index is 1120. The van der Waals surface area contributed by atoms with Crippen LogP contribution in [0.2, 0.25) is 0 Å². The number of anilines is 1. The molecule has 2 aromatic heterocycles. The highest BCUT2D eigenvalue weighted by Gasteiger charge is 2.45. The van der Waals surface area contributed by atoms with Crippen molar-refractivity contribution in [2.75, 3.05) is 16.4 Å². The van der Waals surface area contributed by atoms with Gasteiger partial charge in [0, 0.05) is 28.4 Å². The van der Waals surface area contributed by atoms with E-state index in [4.69, 9.17) is 9.84 Å². The minimum absolute atomic E-state index is 0.0702. The molecule has 3 aliphatic heterocycles. The van der Waals surface area contributed by atoms with Crippen LogP contribution in [0.15, 0.2) is 34.6 Å². The molecule has 0 saturated heterocycles. The molecule has 0 aliphatic carbocycles. The molecular formula is C22H28N6OS3. The Balaban J connectivity index is 1.61. The van der Waals surface area contributed by atoms with Crippen LogP contribution in [-0.4, -0.2) is 37.5 Å². The molecule has 0 saturated carbocycles. The summed E-state index contributed by atoms with van der Waals surface area (Å²) in [6.07, 6.45) is 1.08. The summed E-state index contributed by atoms with van der Waals surface area (Å²) in [5.74, 6) is 2.90. The molecule has 7 nitrogen and oxygen atoms in total. The van der Waals surface area contributed by atoms with Gasteiger partial charge in [0.25, 0.3) is 0 Å². The lowest BCUT2D eigenvalue weighted by atomic mass is 9.93. The normalized spacial score (nSPS) is 20.9. The van der Waals surface area contributed by atoms with E-state index in [1.165, 1.54) is 21.0 Å². The molecular weight excluding hydrogens is 460 g/mol. The number of fused-ring (bicyclic) bond motifs is 8. The number of nitrogens with zero attached hydrogens (tertiary/aromatic N) is 5. The number of hydrogen-bond donors (Lipinski definition) is 1. The van der Waals surface area contributed by atoms with Gasteiger partial charge in [-0.25, -0.2) is 4.57 Å². The zero-order valence-corrected chi connectivity index (χ0v) is 21.3. The largest absolute Gasteiger partial charge is 0.372 e. The Morgan fingerprint density at radius 2 is 1.97 bits per heavy atom. The van der Waals surface area contributed by atoms with Crippen LogP contribution in [-0.2, 0) is 17.8 Å². The summed E-state index contributed by atoms with van der Waals surface area (Å²) in [6, 6.07) is 0. The summed E-state index contributed by atoms with van der Waals surface area (Å²) in [4.78, 5) is 3.50. The fourth-order valence-corrected chi connectivity index (χ4v) is 7.01. The predicted molar refractivity (Wildman–Crippen MR) is 135 cm³/mol. The maximum Gasteiger partial charge on any atom is 0.241 e. The van der Waals surface area contributed by atoms with Crippen molar-refractivity contribution in [2.45, 2.75) is 58.1 Å². The Labute approximate surface area is 201 Å². The maximum absolute atomic E-state index is 6.20. The zero-order chi connectivity index (χ0) is 22.6. The molecule has 2 aromatic rings. The second kappa shape index (κ2) is 8.55. The van der Waals surface area contributed by atoms with Crippen LogP contribution in [0.25, 0.3) is 5.00 Å². The maximum atomic E-state index is 6.20. The molecule has 0 bridgehead atoms. The first kappa shape index (κ1) is 22.1. The van der Waals surface area contributed by atoms with E-state index >= 15 is 0 Å². The van der Waals surface area contributed by atoms with Gasteiger partial charge in [0.15, 0.2) is 16.5 Å². The van der Waals surface area contributed by atoms with Gasteiger partial charge in [0.1, 0.15) is 5.00 Å². The lowest BCUT2D eigenvalue weighted by molar-refractivity contribution is 0.00135. The molecule has 32 heavy (non-hydrogen) atoms. The lowest BCUT2D eigenvalue weighted by Crippen LogP contribution is -2.39. The van der Waals surface area contributed by atoms with E-state index in [-0.39, 0.29) is 12.3 Å². The SMILES string of the molecule is C=C(C)CSC1=NNC2c3c(sc4c3C[C@@H](C(C)C)OC4)-n3c(SCC(=C)C)nnc3N12. The molecule has 1 unspecified atom stereocenters. The number of ether oxygens (including phenoxy) is 1. The number of nitrogens with one attached hydrogen (secondary N) is 1. The van der Waals surface area contributed by atoms with Crippen molar-refractivity contribution >= 4 is 46.0 Å². The summed E-state index contributed by atoms with van der Waals surface area (Å²) >= 11 is 5.15. The molecule has 0 fully saturated rings. The molecule has 3 aliphatic rings. The van der Waals surface area contributed by atoms with Crippen molar-refractivity contribution in [3.63, 3.8) is 0 Å². The van der Waals surface area contributed by atoms with Gasteiger partial charge in [0.05, 0.1) is 12.7 Å². The smallest absolute Gasteiger partial charge is 0.241 e. The predicted octanol–water partition coefficient (Wildman–Crippen LogP) is 5.10. The molecule has 0 amide bonds. The third-order valence-electron chi connectivity index (χ3n) is 5.64. The number of thiophene rings is 1. The highest BCUT2D eigenvalue weighted by atomic mass is 32.2. The first-order chi connectivity index (χ1) is 15.3. The van der Waals surface area contributed by atoms with Gasteiger partial charge in [-0.3, -0.25) is 10.3 Å². The number of hydrogen-bond acceptors (Lipinski definition) is 9. The zero-order valence-electron chi connectivity index (χ0n) is 18.8. The third-order valence-corrected chi connectivity index (χ3v) is 9.19. The lowest BCUT2D eigenvalue weighted by Gasteiger charge is -2.33. The van der Waals surface area contributed by atoms with Gasteiger partial charge in [0.2, 0.25) is 5.95 Å². The van der Waals surface area contributed by atoms with Crippen LogP contribution in [0.3, 0.4) is 0 Å². The van der Waals surface area contributed by atoms with Crippen LogP contribution in [0.1, 0.15) is 49.9 Å². The van der Waals surface area contributed by atoms with Gasteiger partial charge in [-0.15, -0.1) is 21.5 Å². The summed E-state index contributed by atoms with van der Waals surface area (Å²) in [5.41, 5.74) is 8.31. The van der Waals surface area contributed by atoms with Crippen molar-refractivity contribution in [2.24, 2.45) is 11.0 Å². The second-order valence-corrected chi connectivity index (χ2v) is 11.9. The van der Waals surface area contributed by atoms with E-state index in [0.717, 1.165) is 45.3 Å². The minimum Gasteiger partial charge on any atom is -0.372 e. The average Bonchev–Trinajstić information content (AvgIpc) is 3.44. The molecule has 0 spiro atoms. The standard InChI is InChI=1S/C22H28N6OS3/c1-11(2)9-30-21-25-23-18-17-14-7-15(13(5)6)29-8-16(14)32-19(17)28-20(27(18)21)24-26-22(28)31-10-12(3)4/h13,15,18,23H,1,3,7-10H2,2,4-6H3/t15-,18?/m0/s1. The fourth-order valence-electron chi connectivity index (χ4n) is 4.07. The van der Waals surface area contributed by atoms with Crippen LogP contribution < -0.4 is 10.3 Å². The Kier molecular flexibility index (Phi) is 5.90. The van der Waals surface area contributed by atoms with Gasteiger partial charge < -0.3 is 4.74 Å². The highest BCUT2D eigenvalue weighted by Crippen LogP contribution is 2.49. The Hall–Kier alpha value is -1.75. The summed E-state index contributed by atoms with van der Waals surface area (Å²) in [5, 5.41) is 16.9. The van der Waals surface area contributed by atoms with E-state index in [2.05, 4.69) is 52.1 Å². The van der Waals surface area contributed by atoms with E-state index in [1.54, 1.807) is 34.9 Å². The van der Waals surface area contributed by atoms with Crippen LogP contribution >= 0.6 is 34.9 Å². The van der Waals surface area contributed by atoms with Gasteiger partial charge in [-0.2, -0.15) is 5.10 Å². The Morgan fingerprint density at radius 1 is 1.22 bits per heavy atom. The average molecular weight is 489 g/mol. The molecule has 0 aromatic carbocycles. The minimum atomic E-state index is -0.0702. The second-order valence-electron chi connectivity index (χ2n) is 8.93. The molecule has 10 heteroatoms. The van der Waals surface area contributed by atoms with E-state index < -0.39 is 0 Å². The number of rotatable bonds is 6. The number of hydrazone groups is 1. The van der Waals surface area contributed by atoms with Gasteiger partial charge in [-0.05, 0) is 25.3 Å². The van der Waals surface area contributed by atoms with Crippen LogP contribution in [0.4, 0.5) is 5.95 Å². The fraction of sp³-hybridized carbons (Fsp3) is 0.500. The van der Waals surface area contributed by atoms with Crippen molar-refractivity contribution < 1.29 is 4.74 Å². The summed E-state index contributed by atoms with van der Waals surface area (Å²) in [7, 11) is 0. The summed E-state index contributed by atoms with van der Waals surface area (Å²) in [6.45, 7) is 17.3. The first-order valence-corrected chi connectivity index (χ1v) is 13.5. The molecule has 5 heterocycles. The van der Waals surface area contributed by atoms with Crippen LogP contribution in [0.5, 0.6) is 0 Å². The molecule has 5 rings (SSSR count). The highest BCUT2D eigenvalue weighted by molar-refractivity contribution is 8.14. The molecule has 1 N–H and O–H groups in total. The number of thioether (sulfide) groups is 2. The summed E-state index contributed by atoms with van der Waals surface area (Å²) < 4.78 is 8.40. The van der Waals surface area contributed by atoms with E-state index in [9.17, 15) is 0 Å². The topological polar surface area (TPSA) is 67.6 Å². The van der Waals surface area contributed by atoms with Crippen molar-refractivity contribution in [1.29, 1.82) is 0 Å². The molecule has 0 radical (unpaired) electrons. The van der Waals surface area contributed by atoms with E-state index in [0.29, 0.717) is 12.5 Å². The van der Waals surface area contributed by atoms with Crippen LogP contribution in [0, 0.1) is 5.92 Å². The quantitative estimate of drug-likeness (QED) is 0.448.